The van der Waals surface area contributed by atoms with Crippen LogP contribution in [0.4, 0.5) is 4.39 Å². The molecule has 0 unspecified atom stereocenters. The monoisotopic (exact) mass is 240 g/mol. The highest BCUT2D eigenvalue weighted by Crippen LogP contribution is 2.30. The molecule has 0 spiro atoms. The van der Waals surface area contributed by atoms with Gasteiger partial charge in [-0.05, 0) is 38.1 Å². The van der Waals surface area contributed by atoms with Crippen LogP contribution in [-0.4, -0.2) is 0 Å². The van der Waals surface area contributed by atoms with Crippen molar-refractivity contribution in [3.8, 4) is 5.75 Å². The van der Waals surface area contributed by atoms with Crippen LogP contribution in [0.1, 0.15) is 13.8 Å². The molecule has 0 bridgehead atoms. The van der Waals surface area contributed by atoms with Crippen LogP contribution in [-0.2, 0) is 0 Å². The second-order valence-corrected chi connectivity index (χ2v) is 4.17. The summed E-state index contributed by atoms with van der Waals surface area (Å²) in [4.78, 5) is 0. The van der Waals surface area contributed by atoms with Gasteiger partial charge in [-0.15, -0.1) is 6.58 Å². The van der Waals surface area contributed by atoms with E-state index >= 15 is 0 Å². The first kappa shape index (κ1) is 12.8. The zero-order chi connectivity index (χ0) is 12.2. The van der Waals surface area contributed by atoms with Crippen LogP contribution < -0.4 is 4.74 Å². The Balaban J connectivity index is 2.87. The predicted octanol–water partition coefficient (Wildman–Crippen LogP) is 4.50. The van der Waals surface area contributed by atoms with Crippen LogP contribution >= 0.6 is 11.6 Å². The number of rotatable bonds is 4. The predicted molar refractivity (Wildman–Crippen MR) is 64.9 cm³/mol. The molecule has 0 N–H and O–H groups in total. The van der Waals surface area contributed by atoms with E-state index in [9.17, 15) is 4.39 Å². The summed E-state index contributed by atoms with van der Waals surface area (Å²) < 4.78 is 18.3. The maximum Gasteiger partial charge on any atom is 0.127 e. The zero-order valence-electron chi connectivity index (χ0n) is 9.34. The summed E-state index contributed by atoms with van der Waals surface area (Å²) in [5, 5.41) is 0. The van der Waals surface area contributed by atoms with Crippen molar-refractivity contribution in [2.24, 2.45) is 5.41 Å². The van der Waals surface area contributed by atoms with E-state index in [-0.39, 0.29) is 11.2 Å². The summed E-state index contributed by atoms with van der Waals surface area (Å²) in [6.45, 7) is 7.57. The lowest BCUT2D eigenvalue weighted by Gasteiger charge is -2.23. The number of benzene rings is 1. The number of hydrogen-bond donors (Lipinski definition) is 0. The first-order valence-corrected chi connectivity index (χ1v) is 5.31. The van der Waals surface area contributed by atoms with E-state index in [1.807, 2.05) is 13.8 Å². The van der Waals surface area contributed by atoms with Crippen molar-refractivity contribution in [2.75, 3.05) is 0 Å². The summed E-state index contributed by atoms with van der Waals surface area (Å²) in [6.07, 6.45) is 1.74. The van der Waals surface area contributed by atoms with Gasteiger partial charge in [0.15, 0.2) is 0 Å². The van der Waals surface area contributed by atoms with Gasteiger partial charge in [0.25, 0.3) is 0 Å². The van der Waals surface area contributed by atoms with Gasteiger partial charge in [-0.1, -0.05) is 17.7 Å². The van der Waals surface area contributed by atoms with Gasteiger partial charge in [0.1, 0.15) is 17.3 Å². The topological polar surface area (TPSA) is 9.23 Å². The minimum absolute atomic E-state index is 0.299. The molecule has 0 amide bonds. The van der Waals surface area contributed by atoms with Gasteiger partial charge in [-0.3, -0.25) is 0 Å². The molecule has 0 saturated carbocycles. The minimum Gasteiger partial charge on any atom is -0.460 e. The molecule has 16 heavy (non-hydrogen) atoms. The van der Waals surface area contributed by atoms with E-state index in [2.05, 4.69) is 6.58 Å². The van der Waals surface area contributed by atoms with Gasteiger partial charge < -0.3 is 4.74 Å². The zero-order valence-corrected chi connectivity index (χ0v) is 10.1. The highest BCUT2D eigenvalue weighted by molar-refractivity contribution is 6.25. The largest absolute Gasteiger partial charge is 0.460 e. The molecule has 1 aromatic rings. The minimum atomic E-state index is -0.365. The third-order valence-electron chi connectivity index (χ3n) is 2.29. The average molecular weight is 241 g/mol. The van der Waals surface area contributed by atoms with Crippen LogP contribution in [0.5, 0.6) is 5.75 Å². The fourth-order valence-electron chi connectivity index (χ4n) is 1.02. The van der Waals surface area contributed by atoms with E-state index in [0.29, 0.717) is 11.5 Å². The normalized spacial score (nSPS) is 12.4. The Hall–Kier alpha value is -1.28. The molecule has 1 rings (SSSR count). The van der Waals surface area contributed by atoms with Crippen molar-refractivity contribution in [3.63, 3.8) is 0 Å². The number of hydrogen-bond acceptors (Lipinski definition) is 1. The van der Waals surface area contributed by atoms with E-state index in [4.69, 9.17) is 16.3 Å². The fraction of sp³-hybridized carbons (Fsp3) is 0.231. The molecular formula is C13H14ClFO. The average Bonchev–Trinajstić information content (AvgIpc) is 2.28. The van der Waals surface area contributed by atoms with Crippen molar-refractivity contribution < 1.29 is 9.13 Å². The Labute approximate surface area is 100 Å². The van der Waals surface area contributed by atoms with Crippen molar-refractivity contribution in [3.05, 3.63) is 54.0 Å². The molecule has 0 aliphatic rings. The summed E-state index contributed by atoms with van der Waals surface area (Å²) in [5.41, 5.74) is 1.00. The molecule has 0 saturated heterocycles. The first-order valence-electron chi connectivity index (χ1n) is 4.87. The van der Waals surface area contributed by atoms with Gasteiger partial charge in [-0.25, -0.2) is 4.39 Å². The fourth-order valence-corrected chi connectivity index (χ4v) is 1.35. The van der Waals surface area contributed by atoms with Gasteiger partial charge in [0.05, 0.1) is 0 Å². The van der Waals surface area contributed by atoms with Crippen LogP contribution in [0.15, 0.2) is 48.2 Å². The molecule has 3 heteroatoms. The smallest absolute Gasteiger partial charge is 0.127 e. The van der Waals surface area contributed by atoms with Gasteiger partial charge in [0.2, 0.25) is 0 Å². The lowest BCUT2D eigenvalue weighted by atomic mass is 9.92. The molecule has 86 valence electrons. The number of ether oxygens (including phenoxy) is 1. The standard InChI is InChI=1S/C13H14ClFO/c1-4-13(2,3)12(9-14)16-11-7-5-10(15)6-8-11/h4-9H,1H2,2-3H3. The Morgan fingerprint density at radius 3 is 2.38 bits per heavy atom. The number of allylic oxidation sites excluding steroid dienone is 1. The first-order chi connectivity index (χ1) is 7.49. The van der Waals surface area contributed by atoms with Crippen molar-refractivity contribution in [2.45, 2.75) is 13.8 Å². The third kappa shape index (κ3) is 3.11. The lowest BCUT2D eigenvalue weighted by Crippen LogP contribution is -2.15. The highest BCUT2D eigenvalue weighted by atomic mass is 35.5. The van der Waals surface area contributed by atoms with E-state index < -0.39 is 0 Å². The summed E-state index contributed by atoms with van der Waals surface area (Å²) in [5.74, 6) is 0.811. The van der Waals surface area contributed by atoms with Crippen molar-refractivity contribution in [1.29, 1.82) is 0 Å². The van der Waals surface area contributed by atoms with Crippen LogP contribution in [0.3, 0.4) is 0 Å². The molecule has 0 aliphatic carbocycles. The molecule has 1 aromatic carbocycles. The molecule has 0 radical (unpaired) electrons. The lowest BCUT2D eigenvalue weighted by molar-refractivity contribution is 0.321. The Morgan fingerprint density at radius 1 is 1.38 bits per heavy atom. The molecule has 0 atom stereocenters. The quantitative estimate of drug-likeness (QED) is 0.556. The molecule has 1 nitrogen and oxygen atoms in total. The van der Waals surface area contributed by atoms with Crippen molar-refractivity contribution >= 4 is 11.6 Å². The van der Waals surface area contributed by atoms with Gasteiger partial charge >= 0.3 is 0 Å². The second kappa shape index (κ2) is 5.17. The maximum atomic E-state index is 12.7. The van der Waals surface area contributed by atoms with E-state index in [1.165, 1.54) is 17.7 Å². The summed E-state index contributed by atoms with van der Waals surface area (Å²) in [6, 6.07) is 5.77. The molecular weight excluding hydrogens is 227 g/mol. The summed E-state index contributed by atoms with van der Waals surface area (Å²) >= 11 is 5.70. The maximum absolute atomic E-state index is 12.7. The van der Waals surface area contributed by atoms with Crippen molar-refractivity contribution in [1.82, 2.24) is 0 Å². The SMILES string of the molecule is C=CC(C)(C)C(=CCl)Oc1ccc(F)cc1. The second-order valence-electron chi connectivity index (χ2n) is 3.96. The Kier molecular flexibility index (Phi) is 4.13. The van der Waals surface area contributed by atoms with Crippen LogP contribution in [0.25, 0.3) is 0 Å². The van der Waals surface area contributed by atoms with E-state index in [1.54, 1.807) is 18.2 Å². The van der Waals surface area contributed by atoms with Crippen LogP contribution in [0, 0.1) is 11.2 Å². The number of halogens is 2. The third-order valence-corrected chi connectivity index (χ3v) is 2.48. The summed E-state index contributed by atoms with van der Waals surface area (Å²) in [7, 11) is 0. The molecule has 0 aliphatic heterocycles. The Bertz CT molecular complexity index is 393. The highest BCUT2D eigenvalue weighted by Gasteiger charge is 2.21. The molecule has 0 heterocycles. The molecule has 0 aromatic heterocycles. The van der Waals surface area contributed by atoms with Gasteiger partial charge in [-0.2, -0.15) is 0 Å². The molecule has 0 fully saturated rings. The van der Waals surface area contributed by atoms with Gasteiger partial charge in [0, 0.05) is 11.0 Å². The van der Waals surface area contributed by atoms with Crippen LogP contribution in [0.2, 0.25) is 0 Å². The van der Waals surface area contributed by atoms with E-state index in [0.717, 1.165) is 0 Å². The Morgan fingerprint density at radius 2 is 1.94 bits per heavy atom.